The Bertz CT molecular complexity index is 990. The first-order valence-corrected chi connectivity index (χ1v) is 12.2. The Morgan fingerprint density at radius 1 is 1.12 bits per heavy atom. The van der Waals surface area contributed by atoms with Gasteiger partial charge in [0.2, 0.25) is 11.8 Å². The van der Waals surface area contributed by atoms with Crippen LogP contribution in [0.3, 0.4) is 0 Å². The standard InChI is InChI=1S/C26H35N5O2/c1-4-29(5-2)18-24(33)30-15-10-9-13-22(30)25-27-19(3)21-17-23(32)31(26(21)28-25)16-14-20-11-7-6-8-12-20/h6-8,11-12,22H,4-5,9-10,13-18H2,1-3H3/t22-/m0/s1. The summed E-state index contributed by atoms with van der Waals surface area (Å²) in [5.74, 6) is 1.63. The maximum atomic E-state index is 13.2. The summed E-state index contributed by atoms with van der Waals surface area (Å²) in [5, 5.41) is 0. The van der Waals surface area contributed by atoms with E-state index in [1.807, 2.05) is 34.9 Å². The number of aromatic nitrogens is 2. The molecule has 1 aromatic carbocycles. The fourth-order valence-electron chi connectivity index (χ4n) is 4.89. The van der Waals surface area contributed by atoms with Gasteiger partial charge in [-0.25, -0.2) is 9.97 Å². The van der Waals surface area contributed by atoms with E-state index >= 15 is 0 Å². The van der Waals surface area contributed by atoms with E-state index in [1.165, 1.54) is 5.56 Å². The minimum Gasteiger partial charge on any atom is -0.331 e. The summed E-state index contributed by atoms with van der Waals surface area (Å²) in [4.78, 5) is 41.7. The van der Waals surface area contributed by atoms with Crippen LogP contribution in [0, 0.1) is 6.92 Å². The zero-order valence-corrected chi connectivity index (χ0v) is 20.1. The summed E-state index contributed by atoms with van der Waals surface area (Å²) in [5.41, 5.74) is 2.98. The Labute approximate surface area is 196 Å². The van der Waals surface area contributed by atoms with Crippen molar-refractivity contribution in [3.63, 3.8) is 0 Å². The molecule has 2 amide bonds. The highest BCUT2D eigenvalue weighted by atomic mass is 16.2. The van der Waals surface area contributed by atoms with E-state index in [1.54, 1.807) is 0 Å². The molecule has 7 nitrogen and oxygen atoms in total. The van der Waals surface area contributed by atoms with Crippen molar-refractivity contribution in [2.75, 3.05) is 37.6 Å². The van der Waals surface area contributed by atoms with Crippen LogP contribution in [0.25, 0.3) is 0 Å². The van der Waals surface area contributed by atoms with Crippen LogP contribution in [-0.4, -0.2) is 64.3 Å². The summed E-state index contributed by atoms with van der Waals surface area (Å²) >= 11 is 0. The third-order valence-electron chi connectivity index (χ3n) is 6.94. The lowest BCUT2D eigenvalue weighted by Gasteiger charge is -2.36. The summed E-state index contributed by atoms with van der Waals surface area (Å²) in [6, 6.07) is 10.1. The zero-order chi connectivity index (χ0) is 23.4. The van der Waals surface area contributed by atoms with Gasteiger partial charge in [0.25, 0.3) is 0 Å². The van der Waals surface area contributed by atoms with Crippen LogP contribution in [0.15, 0.2) is 30.3 Å². The lowest BCUT2D eigenvalue weighted by atomic mass is 10.0. The van der Waals surface area contributed by atoms with Crippen molar-refractivity contribution in [3.05, 3.63) is 53.0 Å². The van der Waals surface area contributed by atoms with Gasteiger partial charge in [-0.15, -0.1) is 0 Å². The van der Waals surface area contributed by atoms with Crippen molar-refractivity contribution >= 4 is 17.6 Å². The van der Waals surface area contributed by atoms with E-state index in [4.69, 9.17) is 9.97 Å². The number of hydrogen-bond donors (Lipinski definition) is 0. The van der Waals surface area contributed by atoms with Crippen molar-refractivity contribution < 1.29 is 9.59 Å². The molecule has 2 aromatic rings. The number of rotatable bonds is 8. The van der Waals surface area contributed by atoms with Gasteiger partial charge in [-0.3, -0.25) is 19.4 Å². The Hall–Kier alpha value is -2.80. The number of carbonyl (C=O) groups is 2. The smallest absolute Gasteiger partial charge is 0.237 e. The van der Waals surface area contributed by atoms with Crippen molar-refractivity contribution in [3.8, 4) is 0 Å². The maximum Gasteiger partial charge on any atom is 0.237 e. The van der Waals surface area contributed by atoms with Crippen LogP contribution in [0.1, 0.15) is 61.8 Å². The average Bonchev–Trinajstić information content (AvgIpc) is 3.17. The highest BCUT2D eigenvalue weighted by Crippen LogP contribution is 2.34. The number of hydrogen-bond acceptors (Lipinski definition) is 5. The fourth-order valence-corrected chi connectivity index (χ4v) is 4.89. The molecule has 176 valence electrons. The van der Waals surface area contributed by atoms with Gasteiger partial charge in [-0.05, 0) is 51.3 Å². The molecule has 0 spiro atoms. The molecule has 4 rings (SSSR count). The number of amides is 2. The van der Waals surface area contributed by atoms with Crippen LogP contribution in [0.5, 0.6) is 0 Å². The molecule has 0 N–H and O–H groups in total. The zero-order valence-electron chi connectivity index (χ0n) is 20.1. The maximum absolute atomic E-state index is 13.2. The number of likely N-dealkylation sites (tertiary alicyclic amines) is 1. The van der Waals surface area contributed by atoms with Gasteiger partial charge in [0, 0.05) is 24.3 Å². The summed E-state index contributed by atoms with van der Waals surface area (Å²) in [6.45, 7) is 9.60. The Kier molecular flexibility index (Phi) is 7.38. The first kappa shape index (κ1) is 23.4. The Morgan fingerprint density at radius 2 is 1.88 bits per heavy atom. The second-order valence-corrected chi connectivity index (χ2v) is 8.99. The molecule has 33 heavy (non-hydrogen) atoms. The first-order chi connectivity index (χ1) is 16.0. The summed E-state index contributed by atoms with van der Waals surface area (Å²) in [7, 11) is 0. The molecule has 2 aliphatic rings. The summed E-state index contributed by atoms with van der Waals surface area (Å²) in [6.07, 6.45) is 4.05. The van der Waals surface area contributed by atoms with Crippen LogP contribution >= 0.6 is 0 Å². The van der Waals surface area contributed by atoms with Crippen molar-refractivity contribution in [1.82, 2.24) is 19.8 Å². The van der Waals surface area contributed by atoms with Gasteiger partial charge in [0.15, 0.2) is 5.82 Å². The second kappa shape index (κ2) is 10.4. The molecule has 1 aromatic heterocycles. The first-order valence-electron chi connectivity index (χ1n) is 12.2. The normalized spacial score (nSPS) is 18.2. The monoisotopic (exact) mass is 449 g/mol. The highest BCUT2D eigenvalue weighted by molar-refractivity contribution is 6.00. The van der Waals surface area contributed by atoms with E-state index < -0.39 is 0 Å². The lowest BCUT2D eigenvalue weighted by Crippen LogP contribution is -2.45. The van der Waals surface area contributed by atoms with Gasteiger partial charge < -0.3 is 4.90 Å². The van der Waals surface area contributed by atoms with E-state index in [2.05, 4.69) is 30.9 Å². The molecule has 3 heterocycles. The third-order valence-corrected chi connectivity index (χ3v) is 6.94. The number of likely N-dealkylation sites (N-methyl/N-ethyl adjacent to an activating group) is 1. The van der Waals surface area contributed by atoms with Crippen molar-refractivity contribution in [2.24, 2.45) is 0 Å². The quantitative estimate of drug-likeness (QED) is 0.618. The summed E-state index contributed by atoms with van der Waals surface area (Å²) < 4.78 is 0. The molecule has 2 aliphatic heterocycles. The lowest BCUT2D eigenvalue weighted by molar-refractivity contribution is -0.136. The Morgan fingerprint density at radius 3 is 2.61 bits per heavy atom. The van der Waals surface area contributed by atoms with Gasteiger partial charge in [-0.2, -0.15) is 0 Å². The average molecular weight is 450 g/mol. The fraction of sp³-hybridized carbons (Fsp3) is 0.538. The second-order valence-electron chi connectivity index (χ2n) is 8.99. The number of aryl methyl sites for hydroxylation is 1. The highest BCUT2D eigenvalue weighted by Gasteiger charge is 2.35. The predicted molar refractivity (Wildman–Crippen MR) is 129 cm³/mol. The minimum atomic E-state index is -0.127. The molecule has 1 fully saturated rings. The van der Waals surface area contributed by atoms with Crippen molar-refractivity contribution in [2.45, 2.75) is 58.9 Å². The number of carbonyl (C=O) groups excluding carboxylic acids is 2. The molecule has 0 bridgehead atoms. The molecule has 0 aliphatic carbocycles. The van der Waals surface area contributed by atoms with Crippen LogP contribution in [0.2, 0.25) is 0 Å². The molecule has 1 atom stereocenters. The number of piperidine rings is 1. The molecular formula is C26H35N5O2. The minimum absolute atomic E-state index is 0.0774. The van der Waals surface area contributed by atoms with E-state index in [0.29, 0.717) is 25.3 Å². The molecule has 1 saturated heterocycles. The molecule has 7 heteroatoms. The number of anilines is 1. The molecular weight excluding hydrogens is 414 g/mol. The van der Waals surface area contributed by atoms with Crippen LogP contribution < -0.4 is 4.90 Å². The molecule has 0 saturated carbocycles. The molecule has 0 unspecified atom stereocenters. The van der Waals surface area contributed by atoms with Gasteiger partial charge >= 0.3 is 0 Å². The SMILES string of the molecule is CCN(CC)CC(=O)N1CCCC[C@H]1c1nc(C)c2c(n1)N(CCc1ccccc1)C(=O)C2. The number of fused-ring (bicyclic) bond motifs is 1. The molecule has 0 radical (unpaired) electrons. The van der Waals surface area contributed by atoms with Crippen LogP contribution in [-0.2, 0) is 22.4 Å². The van der Waals surface area contributed by atoms with E-state index in [-0.39, 0.29) is 17.9 Å². The van der Waals surface area contributed by atoms with Gasteiger partial charge in [-0.1, -0.05) is 44.2 Å². The van der Waals surface area contributed by atoms with E-state index in [0.717, 1.165) is 62.4 Å². The largest absolute Gasteiger partial charge is 0.331 e. The number of benzene rings is 1. The van der Waals surface area contributed by atoms with Crippen molar-refractivity contribution in [1.29, 1.82) is 0 Å². The van der Waals surface area contributed by atoms with Gasteiger partial charge in [0.1, 0.15) is 5.82 Å². The van der Waals surface area contributed by atoms with E-state index in [9.17, 15) is 9.59 Å². The Balaban J connectivity index is 1.58. The number of nitrogens with zero attached hydrogens (tertiary/aromatic N) is 5. The topological polar surface area (TPSA) is 69.6 Å². The van der Waals surface area contributed by atoms with Crippen LogP contribution in [0.4, 0.5) is 5.82 Å². The third kappa shape index (κ3) is 5.08. The van der Waals surface area contributed by atoms with Gasteiger partial charge in [0.05, 0.1) is 19.0 Å². The predicted octanol–water partition coefficient (Wildman–Crippen LogP) is 3.31.